The van der Waals surface area contributed by atoms with Crippen LogP contribution in [0.2, 0.25) is 0 Å². The zero-order chi connectivity index (χ0) is 16.4. The predicted molar refractivity (Wildman–Crippen MR) is 83.8 cm³/mol. The van der Waals surface area contributed by atoms with Crippen molar-refractivity contribution in [1.29, 1.82) is 0 Å². The average Bonchev–Trinajstić information content (AvgIpc) is 3.13. The molecule has 0 aliphatic carbocycles. The normalized spacial score (nSPS) is 16.7. The molecule has 2 atom stereocenters. The highest BCUT2D eigenvalue weighted by Crippen LogP contribution is 2.19. The maximum absolute atomic E-state index is 12.2. The molecule has 1 aliphatic heterocycles. The predicted octanol–water partition coefficient (Wildman–Crippen LogP) is 1.59. The van der Waals surface area contributed by atoms with Gasteiger partial charge in [-0.15, -0.1) is 10.2 Å². The Bertz CT molecular complexity index is 692. The Kier molecular flexibility index (Phi) is 4.42. The first kappa shape index (κ1) is 15.7. The molecule has 0 unspecified atom stereocenters. The summed E-state index contributed by atoms with van der Waals surface area (Å²) in [5.41, 5.74) is 0.726. The molecule has 3 rings (SSSR count). The molecule has 0 bridgehead atoms. The lowest BCUT2D eigenvalue weighted by atomic mass is 10.1. The van der Waals surface area contributed by atoms with Gasteiger partial charge in [0.25, 0.3) is 0 Å². The fourth-order valence-corrected chi connectivity index (χ4v) is 2.83. The van der Waals surface area contributed by atoms with Crippen LogP contribution in [0.3, 0.4) is 0 Å². The van der Waals surface area contributed by atoms with E-state index in [1.54, 1.807) is 13.0 Å². The van der Waals surface area contributed by atoms with Crippen molar-refractivity contribution in [2.24, 2.45) is 0 Å². The number of rotatable bonds is 5. The SMILES string of the molecule is Cc1cc(NC(=O)[C@H](C)N[C@@H](C)c2nnc3n2CCCC3)on1. The number of amides is 1. The van der Waals surface area contributed by atoms with Gasteiger partial charge in [-0.1, -0.05) is 5.16 Å². The molecule has 23 heavy (non-hydrogen) atoms. The summed E-state index contributed by atoms with van der Waals surface area (Å²) in [4.78, 5) is 12.2. The van der Waals surface area contributed by atoms with Gasteiger partial charge in [0.05, 0.1) is 17.8 Å². The fraction of sp³-hybridized carbons (Fsp3) is 0.600. The molecule has 1 amide bonds. The van der Waals surface area contributed by atoms with Crippen molar-refractivity contribution in [2.45, 2.75) is 58.7 Å². The van der Waals surface area contributed by atoms with E-state index in [4.69, 9.17) is 4.52 Å². The van der Waals surface area contributed by atoms with Crippen molar-refractivity contribution in [3.05, 3.63) is 23.4 Å². The molecule has 0 fully saturated rings. The second-order valence-corrected chi connectivity index (χ2v) is 6.02. The Labute approximate surface area is 134 Å². The van der Waals surface area contributed by atoms with Gasteiger partial charge >= 0.3 is 0 Å². The van der Waals surface area contributed by atoms with Crippen LogP contribution in [0.25, 0.3) is 0 Å². The van der Waals surface area contributed by atoms with Crippen LogP contribution < -0.4 is 10.6 Å². The second kappa shape index (κ2) is 6.49. The van der Waals surface area contributed by atoms with Crippen LogP contribution in [0.5, 0.6) is 0 Å². The Morgan fingerprint density at radius 3 is 2.91 bits per heavy atom. The summed E-state index contributed by atoms with van der Waals surface area (Å²) < 4.78 is 7.16. The van der Waals surface area contributed by atoms with Crippen LogP contribution in [-0.2, 0) is 17.8 Å². The smallest absolute Gasteiger partial charge is 0.243 e. The van der Waals surface area contributed by atoms with E-state index in [-0.39, 0.29) is 11.9 Å². The summed E-state index contributed by atoms with van der Waals surface area (Å²) in [5.74, 6) is 2.10. The van der Waals surface area contributed by atoms with Crippen LogP contribution in [0.4, 0.5) is 5.88 Å². The lowest BCUT2D eigenvalue weighted by Crippen LogP contribution is -2.40. The molecule has 8 nitrogen and oxygen atoms in total. The van der Waals surface area contributed by atoms with Gasteiger partial charge in [0.15, 0.2) is 0 Å². The van der Waals surface area contributed by atoms with Crippen molar-refractivity contribution >= 4 is 11.8 Å². The van der Waals surface area contributed by atoms with Crippen LogP contribution in [0.15, 0.2) is 10.6 Å². The highest BCUT2D eigenvalue weighted by molar-refractivity contribution is 5.93. The topological polar surface area (TPSA) is 97.9 Å². The first-order valence-corrected chi connectivity index (χ1v) is 7.97. The zero-order valence-electron chi connectivity index (χ0n) is 13.7. The molecule has 124 valence electrons. The summed E-state index contributed by atoms with van der Waals surface area (Å²) in [6, 6.07) is 1.22. The number of hydrogen-bond donors (Lipinski definition) is 2. The summed E-state index contributed by atoms with van der Waals surface area (Å²) in [5, 5.41) is 18.2. The minimum atomic E-state index is -0.396. The number of anilines is 1. The van der Waals surface area contributed by atoms with Gasteiger partial charge in [0, 0.05) is 19.0 Å². The minimum absolute atomic E-state index is 0.0634. The van der Waals surface area contributed by atoms with Gasteiger partial charge < -0.3 is 9.09 Å². The Balaban J connectivity index is 1.61. The number of carbonyl (C=O) groups excluding carboxylic acids is 1. The van der Waals surface area contributed by atoms with E-state index in [1.807, 2.05) is 13.8 Å². The molecule has 0 radical (unpaired) electrons. The molecule has 8 heteroatoms. The van der Waals surface area contributed by atoms with Crippen LogP contribution >= 0.6 is 0 Å². The number of fused-ring (bicyclic) bond motifs is 1. The molecule has 2 N–H and O–H groups in total. The van der Waals surface area contributed by atoms with Crippen LogP contribution in [-0.4, -0.2) is 31.9 Å². The third-order valence-corrected chi connectivity index (χ3v) is 4.04. The van der Waals surface area contributed by atoms with Crippen molar-refractivity contribution in [3.63, 3.8) is 0 Å². The molecule has 0 saturated carbocycles. The highest BCUT2D eigenvalue weighted by Gasteiger charge is 2.23. The van der Waals surface area contributed by atoms with E-state index in [2.05, 4.69) is 30.6 Å². The zero-order valence-corrected chi connectivity index (χ0v) is 13.7. The molecule has 0 saturated heterocycles. The van der Waals surface area contributed by atoms with Crippen molar-refractivity contribution in [2.75, 3.05) is 5.32 Å². The third kappa shape index (κ3) is 3.42. The third-order valence-electron chi connectivity index (χ3n) is 4.04. The van der Waals surface area contributed by atoms with Crippen LogP contribution in [0, 0.1) is 6.92 Å². The Hall–Kier alpha value is -2.22. The number of aromatic nitrogens is 4. The summed E-state index contributed by atoms with van der Waals surface area (Å²) in [6.45, 7) is 6.55. The molecule has 2 aromatic rings. The van der Waals surface area contributed by atoms with Gasteiger partial charge in [0.2, 0.25) is 11.8 Å². The van der Waals surface area contributed by atoms with Crippen molar-refractivity contribution in [3.8, 4) is 0 Å². The number of nitrogens with one attached hydrogen (secondary N) is 2. The number of aryl methyl sites for hydroxylation is 2. The maximum Gasteiger partial charge on any atom is 0.243 e. The monoisotopic (exact) mass is 318 g/mol. The standard InChI is InChI=1S/C15H22N6O2/c1-9-8-13(23-20-9)17-15(22)11(3)16-10(2)14-19-18-12-6-4-5-7-21(12)14/h8,10-11,16H,4-7H2,1-3H3,(H,17,22)/t10-,11-/m0/s1. The van der Waals surface area contributed by atoms with Crippen LogP contribution in [0.1, 0.15) is 50.1 Å². The molecular formula is C15H22N6O2. The van der Waals surface area contributed by atoms with E-state index >= 15 is 0 Å². The second-order valence-electron chi connectivity index (χ2n) is 6.02. The summed E-state index contributed by atoms with van der Waals surface area (Å²) >= 11 is 0. The maximum atomic E-state index is 12.2. The van der Waals surface area contributed by atoms with Gasteiger partial charge in [-0.3, -0.25) is 15.4 Å². The lowest BCUT2D eigenvalue weighted by molar-refractivity contribution is -0.118. The summed E-state index contributed by atoms with van der Waals surface area (Å²) in [6.07, 6.45) is 3.28. The van der Waals surface area contributed by atoms with Gasteiger partial charge in [-0.25, -0.2) is 0 Å². The fourth-order valence-electron chi connectivity index (χ4n) is 2.83. The molecule has 0 aromatic carbocycles. The van der Waals surface area contributed by atoms with E-state index in [0.717, 1.165) is 43.1 Å². The Morgan fingerprint density at radius 1 is 1.35 bits per heavy atom. The Morgan fingerprint density at radius 2 is 2.17 bits per heavy atom. The van der Waals surface area contributed by atoms with Crippen molar-refractivity contribution < 1.29 is 9.32 Å². The average molecular weight is 318 g/mol. The minimum Gasteiger partial charge on any atom is -0.338 e. The molecule has 0 spiro atoms. The first-order chi connectivity index (χ1) is 11.0. The molecule has 1 aliphatic rings. The van der Waals surface area contributed by atoms with Gasteiger partial charge in [0.1, 0.15) is 11.6 Å². The number of carbonyl (C=O) groups is 1. The molecule has 2 aromatic heterocycles. The summed E-state index contributed by atoms with van der Waals surface area (Å²) in [7, 11) is 0. The van der Waals surface area contributed by atoms with E-state index in [1.165, 1.54) is 0 Å². The van der Waals surface area contributed by atoms with Gasteiger partial charge in [-0.2, -0.15) is 0 Å². The lowest BCUT2D eigenvalue weighted by Gasteiger charge is -2.21. The highest BCUT2D eigenvalue weighted by atomic mass is 16.5. The number of hydrogen-bond acceptors (Lipinski definition) is 6. The van der Waals surface area contributed by atoms with E-state index in [9.17, 15) is 4.79 Å². The van der Waals surface area contributed by atoms with E-state index < -0.39 is 6.04 Å². The quantitative estimate of drug-likeness (QED) is 0.869. The molecular weight excluding hydrogens is 296 g/mol. The first-order valence-electron chi connectivity index (χ1n) is 7.97. The number of nitrogens with zero attached hydrogens (tertiary/aromatic N) is 4. The van der Waals surface area contributed by atoms with Gasteiger partial charge in [-0.05, 0) is 33.6 Å². The molecule has 3 heterocycles. The van der Waals surface area contributed by atoms with E-state index in [0.29, 0.717) is 5.88 Å². The van der Waals surface area contributed by atoms with Crippen molar-refractivity contribution in [1.82, 2.24) is 25.2 Å². The largest absolute Gasteiger partial charge is 0.338 e.